The molecule has 110 valence electrons. The van der Waals surface area contributed by atoms with Gasteiger partial charge in [0.2, 0.25) is 11.0 Å². The van der Waals surface area contributed by atoms with Crippen LogP contribution in [0.1, 0.15) is 23.4 Å². The molecule has 0 unspecified atom stereocenters. The zero-order valence-corrected chi connectivity index (χ0v) is 11.7. The van der Waals surface area contributed by atoms with Crippen molar-refractivity contribution in [1.82, 2.24) is 10.2 Å². The maximum absolute atomic E-state index is 12.8. The third kappa shape index (κ3) is 4.92. The fraction of sp³-hybridized carbons (Fsp3) is 0.231. The number of benzene rings is 1. The molecule has 1 aromatic carbocycles. The van der Waals surface area contributed by atoms with Crippen molar-refractivity contribution in [2.45, 2.75) is 19.3 Å². The SMILES string of the molecule is O=C(O)CCC(=O)Nc1nnc(Cc2ccc(F)cc2)s1. The molecule has 0 bridgehead atoms. The van der Waals surface area contributed by atoms with Crippen molar-refractivity contribution in [3.05, 3.63) is 40.7 Å². The van der Waals surface area contributed by atoms with Gasteiger partial charge in [0, 0.05) is 12.8 Å². The Hall–Kier alpha value is -2.35. The Labute approximate surface area is 123 Å². The van der Waals surface area contributed by atoms with E-state index in [4.69, 9.17) is 5.11 Å². The topological polar surface area (TPSA) is 92.2 Å². The number of nitrogens with one attached hydrogen (secondary N) is 1. The van der Waals surface area contributed by atoms with Gasteiger partial charge in [-0.15, -0.1) is 10.2 Å². The molecule has 0 aliphatic heterocycles. The lowest BCUT2D eigenvalue weighted by Gasteiger charge is -1.98. The molecule has 0 atom stereocenters. The Morgan fingerprint density at radius 2 is 1.90 bits per heavy atom. The van der Waals surface area contributed by atoms with Gasteiger partial charge in [-0.25, -0.2) is 4.39 Å². The predicted molar refractivity (Wildman–Crippen MR) is 74.6 cm³/mol. The van der Waals surface area contributed by atoms with Crippen molar-refractivity contribution in [2.75, 3.05) is 5.32 Å². The summed E-state index contributed by atoms with van der Waals surface area (Å²) in [4.78, 5) is 21.8. The molecule has 8 heteroatoms. The normalized spacial score (nSPS) is 10.3. The number of carboxylic acids is 1. The monoisotopic (exact) mass is 309 g/mol. The summed E-state index contributed by atoms with van der Waals surface area (Å²) in [6.45, 7) is 0. The molecule has 6 nitrogen and oxygen atoms in total. The number of aromatic nitrogens is 2. The van der Waals surface area contributed by atoms with Crippen LogP contribution in [0.4, 0.5) is 9.52 Å². The quantitative estimate of drug-likeness (QED) is 0.852. The van der Waals surface area contributed by atoms with Crippen LogP contribution in [0.3, 0.4) is 0 Å². The Bertz CT molecular complexity index is 642. The summed E-state index contributed by atoms with van der Waals surface area (Å²) in [6.07, 6.45) is 0.151. The minimum absolute atomic E-state index is 0.109. The summed E-state index contributed by atoms with van der Waals surface area (Å²) in [5.74, 6) is -1.75. The number of hydrogen-bond acceptors (Lipinski definition) is 5. The summed E-state index contributed by atoms with van der Waals surface area (Å²) in [7, 11) is 0. The average Bonchev–Trinajstić information content (AvgIpc) is 2.86. The third-order valence-electron chi connectivity index (χ3n) is 2.55. The zero-order chi connectivity index (χ0) is 15.2. The minimum Gasteiger partial charge on any atom is -0.481 e. The van der Waals surface area contributed by atoms with Crippen molar-refractivity contribution < 1.29 is 19.1 Å². The van der Waals surface area contributed by atoms with Gasteiger partial charge in [0.25, 0.3) is 0 Å². The molecule has 2 N–H and O–H groups in total. The molecular weight excluding hydrogens is 297 g/mol. The van der Waals surface area contributed by atoms with E-state index in [0.29, 0.717) is 16.6 Å². The minimum atomic E-state index is -1.03. The predicted octanol–water partition coefficient (Wildman–Crippen LogP) is 2.07. The molecule has 0 spiro atoms. The van der Waals surface area contributed by atoms with Gasteiger partial charge in [-0.3, -0.25) is 9.59 Å². The Balaban J connectivity index is 1.90. The van der Waals surface area contributed by atoms with Crippen LogP contribution in [0.25, 0.3) is 0 Å². The molecular formula is C13H12FN3O3S. The number of carboxylic acid groups (broad SMARTS) is 1. The first-order chi connectivity index (χ1) is 10.0. The summed E-state index contributed by atoms with van der Waals surface area (Å²) >= 11 is 1.20. The van der Waals surface area contributed by atoms with E-state index in [1.54, 1.807) is 12.1 Å². The van der Waals surface area contributed by atoms with E-state index < -0.39 is 11.9 Å². The van der Waals surface area contributed by atoms with Crippen molar-refractivity contribution in [1.29, 1.82) is 0 Å². The summed E-state index contributed by atoms with van der Waals surface area (Å²) in [5, 5.41) is 19.7. The highest BCUT2D eigenvalue weighted by Gasteiger charge is 2.10. The molecule has 0 saturated heterocycles. The first-order valence-electron chi connectivity index (χ1n) is 6.11. The van der Waals surface area contributed by atoms with Gasteiger partial charge in [-0.2, -0.15) is 0 Å². The highest BCUT2D eigenvalue weighted by molar-refractivity contribution is 7.15. The van der Waals surface area contributed by atoms with Gasteiger partial charge >= 0.3 is 5.97 Å². The molecule has 2 rings (SSSR count). The van der Waals surface area contributed by atoms with Crippen LogP contribution < -0.4 is 5.32 Å². The van der Waals surface area contributed by atoms with E-state index in [1.165, 1.54) is 23.5 Å². The van der Waals surface area contributed by atoms with Gasteiger partial charge in [0.1, 0.15) is 10.8 Å². The molecule has 0 aliphatic rings. The number of nitrogens with zero attached hydrogens (tertiary/aromatic N) is 2. The van der Waals surface area contributed by atoms with E-state index in [-0.39, 0.29) is 18.7 Å². The summed E-state index contributed by atoms with van der Waals surface area (Å²) < 4.78 is 12.8. The molecule has 1 amide bonds. The van der Waals surface area contributed by atoms with Crippen LogP contribution in [-0.4, -0.2) is 27.2 Å². The van der Waals surface area contributed by atoms with Crippen molar-refractivity contribution in [2.24, 2.45) is 0 Å². The first kappa shape index (κ1) is 15.0. The summed E-state index contributed by atoms with van der Waals surface area (Å²) in [6, 6.07) is 6.04. The highest BCUT2D eigenvalue weighted by Crippen LogP contribution is 2.19. The van der Waals surface area contributed by atoms with Crippen LogP contribution in [0, 0.1) is 5.82 Å². The van der Waals surface area contributed by atoms with E-state index in [1.807, 2.05) is 0 Å². The molecule has 0 saturated carbocycles. The van der Waals surface area contributed by atoms with Crippen molar-refractivity contribution in [3.8, 4) is 0 Å². The standard InChI is InChI=1S/C13H12FN3O3S/c14-9-3-1-8(2-4-9)7-11-16-17-13(21-11)15-10(18)5-6-12(19)20/h1-4H,5-7H2,(H,19,20)(H,15,17,18). The second-order valence-electron chi connectivity index (χ2n) is 4.25. The lowest BCUT2D eigenvalue weighted by Crippen LogP contribution is -2.12. The van der Waals surface area contributed by atoms with Crippen LogP contribution in [0.2, 0.25) is 0 Å². The molecule has 21 heavy (non-hydrogen) atoms. The molecule has 0 radical (unpaired) electrons. The molecule has 1 heterocycles. The van der Waals surface area contributed by atoms with Crippen LogP contribution in [-0.2, 0) is 16.0 Å². The number of hydrogen-bond donors (Lipinski definition) is 2. The Kier molecular flexibility index (Phi) is 4.94. The number of aliphatic carboxylic acids is 1. The molecule has 1 aromatic heterocycles. The summed E-state index contributed by atoms with van der Waals surface area (Å²) in [5.41, 5.74) is 0.885. The molecule has 0 aliphatic carbocycles. The first-order valence-corrected chi connectivity index (χ1v) is 6.93. The molecule has 2 aromatic rings. The van der Waals surface area contributed by atoms with Crippen molar-refractivity contribution >= 4 is 28.3 Å². The fourth-order valence-corrected chi connectivity index (χ4v) is 2.34. The van der Waals surface area contributed by atoms with E-state index in [2.05, 4.69) is 15.5 Å². The van der Waals surface area contributed by atoms with E-state index in [9.17, 15) is 14.0 Å². The number of carbonyl (C=O) groups is 2. The maximum atomic E-state index is 12.8. The number of halogens is 1. The maximum Gasteiger partial charge on any atom is 0.303 e. The second kappa shape index (κ2) is 6.89. The Morgan fingerprint density at radius 1 is 1.19 bits per heavy atom. The van der Waals surface area contributed by atoms with Crippen molar-refractivity contribution in [3.63, 3.8) is 0 Å². The van der Waals surface area contributed by atoms with Gasteiger partial charge in [-0.1, -0.05) is 23.5 Å². The average molecular weight is 309 g/mol. The second-order valence-corrected chi connectivity index (χ2v) is 5.31. The number of anilines is 1. The number of rotatable bonds is 6. The lowest BCUT2D eigenvalue weighted by molar-refractivity contribution is -0.138. The van der Waals surface area contributed by atoms with Crippen LogP contribution in [0.5, 0.6) is 0 Å². The lowest BCUT2D eigenvalue weighted by atomic mass is 10.2. The van der Waals surface area contributed by atoms with Crippen LogP contribution in [0.15, 0.2) is 24.3 Å². The van der Waals surface area contributed by atoms with Gasteiger partial charge in [-0.05, 0) is 17.7 Å². The smallest absolute Gasteiger partial charge is 0.303 e. The van der Waals surface area contributed by atoms with E-state index >= 15 is 0 Å². The zero-order valence-electron chi connectivity index (χ0n) is 10.9. The largest absolute Gasteiger partial charge is 0.481 e. The van der Waals surface area contributed by atoms with E-state index in [0.717, 1.165) is 5.56 Å². The third-order valence-corrected chi connectivity index (χ3v) is 3.39. The fourth-order valence-electron chi connectivity index (χ4n) is 1.55. The number of amides is 1. The van der Waals surface area contributed by atoms with Gasteiger partial charge in [0.05, 0.1) is 6.42 Å². The van der Waals surface area contributed by atoms with Crippen LogP contribution >= 0.6 is 11.3 Å². The van der Waals surface area contributed by atoms with Gasteiger partial charge < -0.3 is 10.4 Å². The molecule has 0 fully saturated rings. The Morgan fingerprint density at radius 3 is 2.57 bits per heavy atom. The highest BCUT2D eigenvalue weighted by atomic mass is 32.1. The number of carbonyl (C=O) groups excluding carboxylic acids is 1. The van der Waals surface area contributed by atoms with Gasteiger partial charge in [0.15, 0.2) is 0 Å².